The molecule has 0 unspecified atom stereocenters. The summed E-state index contributed by atoms with van der Waals surface area (Å²) in [5, 5.41) is 38.2. The van der Waals surface area contributed by atoms with Crippen molar-refractivity contribution in [2.24, 2.45) is 0 Å². The number of aldehydes is 1. The number of hydrogen-bond acceptors (Lipinski definition) is 16. The zero-order valence-corrected chi connectivity index (χ0v) is 24.1. The molecule has 0 bridgehead atoms. The summed E-state index contributed by atoms with van der Waals surface area (Å²) < 4.78 is 51.2. The smallest absolute Gasteiger partial charge is 0.394 e. The molecule has 3 heterocycles. The molecular weight excluding hydrogens is 659 g/mol. The molecule has 1 aliphatic heterocycles. The minimum atomic E-state index is -5.45. The maximum atomic E-state index is 11.7. The molecule has 1 fully saturated rings. The number of nitrogen functional groups attached to an aromatic ring is 1. The van der Waals surface area contributed by atoms with E-state index >= 15 is 0 Å². The summed E-state index contributed by atoms with van der Waals surface area (Å²) >= 11 is 0. The average Bonchev–Trinajstić information content (AvgIpc) is 3.39. The van der Waals surface area contributed by atoms with Gasteiger partial charge in [0.05, 0.1) is 19.0 Å². The maximum absolute atomic E-state index is 11.7. The van der Waals surface area contributed by atoms with Crippen molar-refractivity contribution in [2.45, 2.75) is 55.9 Å². The molecule has 1 aliphatic rings. The second kappa shape index (κ2) is 14.4. The summed E-state index contributed by atoms with van der Waals surface area (Å²) in [5.41, 5.74) is 5.12. The number of fused-ring (bicyclic) bond motifs is 1. The quantitative estimate of drug-likeness (QED) is 0.0736. The fourth-order valence-corrected chi connectivity index (χ4v) is 5.26. The number of H-pyrrole nitrogens is 1. The van der Waals surface area contributed by atoms with Gasteiger partial charge in [-0.15, -0.1) is 0 Å². The number of phosphoric acid groups is 3. The summed E-state index contributed by atoms with van der Waals surface area (Å²) in [7, 11) is -16.2. The van der Waals surface area contributed by atoms with Crippen LogP contribution < -0.4 is 11.3 Å². The second-order valence-electron chi connectivity index (χ2n) is 8.56. The van der Waals surface area contributed by atoms with Crippen molar-refractivity contribution in [2.75, 3.05) is 12.3 Å². The molecule has 0 saturated carbocycles. The number of aliphatic hydroxyl groups is 4. The van der Waals surface area contributed by atoms with Crippen LogP contribution in [0.15, 0.2) is 11.1 Å². The number of aliphatic hydroxyl groups excluding tert-OH is 4. The van der Waals surface area contributed by atoms with Crippen LogP contribution in [0.3, 0.4) is 0 Å². The van der Waals surface area contributed by atoms with Gasteiger partial charge in [-0.25, -0.2) is 18.7 Å². The number of phosphoric ester groups is 3. The molecule has 2 aromatic rings. The largest absolute Gasteiger partial charge is 0.470 e. The number of aromatic nitrogens is 4. The third-order valence-electron chi connectivity index (χ3n) is 5.28. The van der Waals surface area contributed by atoms with Crippen molar-refractivity contribution in [1.29, 1.82) is 0 Å². The van der Waals surface area contributed by atoms with Crippen molar-refractivity contribution >= 4 is 46.9 Å². The Morgan fingerprint density at radius 3 is 2.02 bits per heavy atom. The van der Waals surface area contributed by atoms with Crippen LogP contribution in [-0.2, 0) is 36.8 Å². The molecule has 2 aromatic heterocycles. The van der Waals surface area contributed by atoms with Gasteiger partial charge in [0, 0.05) is 0 Å². The number of nitrogens with one attached hydrogen (secondary N) is 1. The minimum Gasteiger partial charge on any atom is -0.394 e. The Morgan fingerprint density at radius 2 is 1.58 bits per heavy atom. The number of carbonyl (C=O) groups excluding carboxylic acids is 1. The number of anilines is 1. The zero-order chi connectivity index (χ0) is 33.1. The second-order valence-corrected chi connectivity index (χ2v) is 12.1. The molecule has 246 valence electrons. The first-order valence-corrected chi connectivity index (χ1v) is 15.9. The molecule has 27 heteroatoms. The lowest BCUT2D eigenvalue weighted by atomic mass is 10.1. The van der Waals surface area contributed by atoms with Gasteiger partial charge in [0.25, 0.3) is 5.56 Å². The lowest BCUT2D eigenvalue weighted by Crippen LogP contribution is -2.47. The maximum Gasteiger partial charge on any atom is 0.470 e. The first-order chi connectivity index (χ1) is 19.6. The van der Waals surface area contributed by atoms with Crippen LogP contribution in [0.1, 0.15) is 13.2 Å². The van der Waals surface area contributed by atoms with E-state index in [-0.39, 0.29) is 23.4 Å². The molecule has 8 atom stereocenters. The topological polar surface area (TPSA) is 397 Å². The van der Waals surface area contributed by atoms with E-state index in [1.54, 1.807) is 0 Å². The van der Waals surface area contributed by atoms with Crippen molar-refractivity contribution in [3.8, 4) is 0 Å². The van der Waals surface area contributed by atoms with E-state index in [1.807, 2.05) is 0 Å². The third kappa shape index (κ3) is 10.5. The first kappa shape index (κ1) is 37.1. The zero-order valence-electron chi connectivity index (χ0n) is 21.4. The Morgan fingerprint density at radius 1 is 1.05 bits per heavy atom. The van der Waals surface area contributed by atoms with E-state index in [1.165, 1.54) is 10.9 Å². The van der Waals surface area contributed by atoms with Crippen LogP contribution in [-0.4, -0.2) is 125 Å². The number of aromatic amines is 1. The highest BCUT2D eigenvalue weighted by atomic mass is 31.2. The minimum absolute atomic E-state index is 0.0388. The van der Waals surface area contributed by atoms with Crippen LogP contribution in [0.5, 0.6) is 0 Å². The van der Waals surface area contributed by atoms with Gasteiger partial charge in [-0.2, -0.15) is 4.98 Å². The van der Waals surface area contributed by atoms with Crippen molar-refractivity contribution in [3.63, 3.8) is 0 Å². The fraction of sp³-hybridized carbons (Fsp3) is 0.625. The predicted octanol–water partition coefficient (Wildman–Crippen LogP) is -4.69. The number of nitrogens with two attached hydrogens (primary N) is 1. The molecule has 0 aromatic carbocycles. The molecule has 0 spiro atoms. The molecular formula is C16H28N5O19P3. The first-order valence-electron chi connectivity index (χ1n) is 11.3. The highest BCUT2D eigenvalue weighted by Gasteiger charge is 2.45. The lowest BCUT2D eigenvalue weighted by Gasteiger charge is -2.32. The van der Waals surface area contributed by atoms with Gasteiger partial charge >= 0.3 is 23.5 Å². The summed E-state index contributed by atoms with van der Waals surface area (Å²) in [6.45, 7) is 0.396. The molecule has 24 nitrogen and oxygen atoms in total. The standard InChI is InChI=1S/C10H13N5O5.C6H15O14P3/c11-10-13-7-4(8(19)14-10)12-2-15(7)9-6(18)5(17)3(1-16)20-9;1-3(8)5(19-22(12,13)14)6(20-23(15,16)17)4(2-7)18-21(9,10)11/h2-3,5-6,9,16-18H,1H2,(H3,11,13,14,19);2-6,8H,1H3,(H2,9,10,11)(H2,12,13,14)(H2,15,16,17)/t3-,5-,6-,9-;3-,4+,5+,6-/m10/s1. The van der Waals surface area contributed by atoms with Crippen LogP contribution in [0.4, 0.5) is 5.95 Å². The van der Waals surface area contributed by atoms with Gasteiger partial charge in [0.1, 0.15) is 30.5 Å². The lowest BCUT2D eigenvalue weighted by molar-refractivity contribution is -0.128. The molecule has 13 N–H and O–H groups in total. The molecule has 0 radical (unpaired) electrons. The monoisotopic (exact) mass is 687 g/mol. The molecule has 0 aliphatic carbocycles. The van der Waals surface area contributed by atoms with Gasteiger partial charge in [-0.1, -0.05) is 0 Å². The van der Waals surface area contributed by atoms with E-state index in [4.69, 9.17) is 44.9 Å². The van der Waals surface area contributed by atoms with E-state index in [9.17, 15) is 38.6 Å². The Kier molecular flexibility index (Phi) is 12.4. The van der Waals surface area contributed by atoms with Crippen LogP contribution >= 0.6 is 23.5 Å². The van der Waals surface area contributed by atoms with E-state index < -0.39 is 84.6 Å². The molecule has 0 amide bonds. The Labute approximate surface area is 238 Å². The highest BCUT2D eigenvalue weighted by Crippen LogP contribution is 2.47. The Balaban J connectivity index is 0.000000302. The number of rotatable bonds is 12. The van der Waals surface area contributed by atoms with Crippen molar-refractivity contribution in [3.05, 3.63) is 16.7 Å². The Bertz CT molecular complexity index is 1450. The van der Waals surface area contributed by atoms with E-state index in [0.29, 0.717) is 0 Å². The van der Waals surface area contributed by atoms with Crippen molar-refractivity contribution < 1.29 is 86.6 Å². The van der Waals surface area contributed by atoms with Crippen LogP contribution in [0.2, 0.25) is 0 Å². The number of ether oxygens (including phenoxy) is 1. The summed E-state index contributed by atoms with van der Waals surface area (Å²) in [4.78, 5) is 84.9. The SMILES string of the molecule is C[C@H](O)[C@@H](OP(=O)(O)O)[C@@H](OP(=O)(O)O)[C@@H](C=O)OP(=O)(O)O.Nc1nc2c(ncn2[C@@H]2O[C@H](CO)[C@@H](O)[C@H]2O)c(=O)[nH]1. The third-order valence-corrected chi connectivity index (χ3v) is 6.83. The number of carbonyl (C=O) groups is 1. The van der Waals surface area contributed by atoms with E-state index in [0.717, 1.165) is 6.92 Å². The van der Waals surface area contributed by atoms with Gasteiger partial charge in [0.15, 0.2) is 29.8 Å². The highest BCUT2D eigenvalue weighted by molar-refractivity contribution is 7.47. The predicted molar refractivity (Wildman–Crippen MR) is 134 cm³/mol. The summed E-state index contributed by atoms with van der Waals surface area (Å²) in [6.07, 6.45) is -12.7. The van der Waals surface area contributed by atoms with Gasteiger partial charge < -0.3 is 65.1 Å². The normalized spacial score (nSPS) is 24.2. The number of hydrogen-bond donors (Lipinski definition) is 12. The number of nitrogens with zero attached hydrogens (tertiary/aromatic N) is 3. The van der Waals surface area contributed by atoms with Crippen LogP contribution in [0, 0.1) is 0 Å². The van der Waals surface area contributed by atoms with E-state index in [2.05, 4.69) is 28.5 Å². The summed E-state index contributed by atoms with van der Waals surface area (Å²) in [6, 6.07) is 0. The van der Waals surface area contributed by atoms with Crippen molar-refractivity contribution in [1.82, 2.24) is 19.5 Å². The molecule has 1 saturated heterocycles. The molecule has 3 rings (SSSR count). The number of imidazole rings is 1. The van der Waals surface area contributed by atoms with Gasteiger partial charge in [-0.3, -0.25) is 27.9 Å². The fourth-order valence-electron chi connectivity index (χ4n) is 3.61. The Hall–Kier alpha value is -2.05. The van der Waals surface area contributed by atoms with Gasteiger partial charge in [0.2, 0.25) is 5.95 Å². The van der Waals surface area contributed by atoms with Gasteiger partial charge in [-0.05, 0) is 6.92 Å². The molecule has 43 heavy (non-hydrogen) atoms. The summed E-state index contributed by atoms with van der Waals surface area (Å²) in [5.74, 6) is -0.101. The average molecular weight is 687 g/mol. The van der Waals surface area contributed by atoms with Crippen LogP contribution in [0.25, 0.3) is 11.2 Å².